The van der Waals surface area contributed by atoms with Gasteiger partial charge in [0.1, 0.15) is 0 Å². The van der Waals surface area contributed by atoms with Crippen molar-refractivity contribution in [3.63, 3.8) is 0 Å². The Morgan fingerprint density at radius 2 is 1.00 bits per heavy atom. The Hall–Kier alpha value is -1.54. The van der Waals surface area contributed by atoms with E-state index in [1.54, 1.807) is 0 Å². The summed E-state index contributed by atoms with van der Waals surface area (Å²) in [6, 6.07) is 17.6. The predicted molar refractivity (Wildman–Crippen MR) is 139 cm³/mol. The largest absolute Gasteiger partial charge is 1.00 e. The fraction of sp³-hybridized carbons (Fsp3) is 0.375. The first-order chi connectivity index (χ1) is 17.3. The summed E-state index contributed by atoms with van der Waals surface area (Å²) in [5.74, 6) is 5.96. The van der Waals surface area contributed by atoms with Crippen LogP contribution in [0.2, 0.25) is 7.25 Å². The fourth-order valence-electron chi connectivity index (χ4n) is 7.26. The maximum atomic E-state index is 5.88. The van der Waals surface area contributed by atoms with Crippen molar-refractivity contribution in [3.05, 3.63) is 108 Å². The zero-order valence-electron chi connectivity index (χ0n) is 21.3. The van der Waals surface area contributed by atoms with E-state index in [0.717, 1.165) is 18.8 Å². The van der Waals surface area contributed by atoms with Crippen LogP contribution in [-0.2, 0) is 23.2 Å². The second kappa shape index (κ2) is 12.5. The third-order valence-electron chi connectivity index (χ3n) is 8.80. The summed E-state index contributed by atoms with van der Waals surface area (Å²) in [4.78, 5) is 0. The van der Waals surface area contributed by atoms with Gasteiger partial charge in [-0.2, -0.15) is 0 Å². The molecular weight excluding hydrogens is 578 g/mol. The van der Waals surface area contributed by atoms with Crippen molar-refractivity contribution in [1.82, 2.24) is 0 Å². The maximum Gasteiger partial charge on any atom is -1.00 e. The molecular formula is C32H34Cl2O2Zr. The minimum Gasteiger partial charge on any atom is -1.00 e. The molecule has 4 aliphatic carbocycles. The van der Waals surface area contributed by atoms with Gasteiger partial charge in [0.2, 0.25) is 0 Å². The molecule has 8 atom stereocenters. The molecule has 4 aliphatic rings. The predicted octanol–water partition coefficient (Wildman–Crippen LogP) is 1.76. The molecule has 2 aromatic rings. The zero-order valence-corrected chi connectivity index (χ0v) is 25.3. The first-order valence-corrected chi connectivity index (χ1v) is 15.8. The quantitative estimate of drug-likeness (QED) is 0.496. The zero-order chi connectivity index (χ0) is 23.8. The first-order valence-electron chi connectivity index (χ1n) is 13.0. The molecule has 0 N–H and O–H groups in total. The third kappa shape index (κ3) is 5.34. The van der Waals surface area contributed by atoms with E-state index in [-0.39, 0.29) is 24.8 Å². The van der Waals surface area contributed by atoms with Gasteiger partial charge in [-0.1, -0.05) is 0 Å². The van der Waals surface area contributed by atoms with Crippen molar-refractivity contribution in [2.45, 2.75) is 31.9 Å². The summed E-state index contributed by atoms with van der Waals surface area (Å²) in [6.07, 6.45) is 21.7. The van der Waals surface area contributed by atoms with Crippen LogP contribution in [0.15, 0.2) is 97.1 Å². The number of methoxy groups -OCH3 is 2. The number of rotatable bonds is 6. The number of hydrogen-bond acceptors (Lipinski definition) is 2. The molecule has 6 rings (SSSR count). The van der Waals surface area contributed by atoms with E-state index in [2.05, 4.69) is 97.1 Å². The third-order valence-corrected chi connectivity index (χ3v) is 14.6. The van der Waals surface area contributed by atoms with E-state index in [1.165, 1.54) is 24.0 Å². The van der Waals surface area contributed by atoms with Crippen molar-refractivity contribution in [3.8, 4) is 11.5 Å². The molecule has 0 aromatic heterocycles. The second-order valence-corrected chi connectivity index (χ2v) is 14.5. The Kier molecular flexibility index (Phi) is 9.65. The second-order valence-electron chi connectivity index (χ2n) is 10.4. The number of halogens is 2. The van der Waals surface area contributed by atoms with E-state index >= 15 is 0 Å². The Labute approximate surface area is 245 Å². The van der Waals surface area contributed by atoms with Gasteiger partial charge in [0, 0.05) is 0 Å². The van der Waals surface area contributed by atoms with Gasteiger partial charge >= 0.3 is 222 Å². The number of para-hydroxylation sites is 2. The molecule has 5 heteroatoms. The van der Waals surface area contributed by atoms with Crippen LogP contribution in [0.3, 0.4) is 0 Å². The first kappa shape index (κ1) is 28.5. The van der Waals surface area contributed by atoms with E-state index < -0.39 is 23.2 Å². The van der Waals surface area contributed by atoms with E-state index in [0.29, 0.717) is 35.5 Å². The molecule has 0 spiro atoms. The molecule has 0 heterocycles. The van der Waals surface area contributed by atoms with Crippen LogP contribution in [0.5, 0.6) is 11.5 Å². The van der Waals surface area contributed by atoms with Crippen molar-refractivity contribution in [2.75, 3.05) is 14.2 Å². The molecule has 2 fully saturated rings. The Balaban J connectivity index is 0.00000160. The van der Waals surface area contributed by atoms with Crippen LogP contribution in [-0.4, -0.2) is 14.2 Å². The minimum absolute atomic E-state index is 0. The molecule has 37 heavy (non-hydrogen) atoms. The summed E-state index contributed by atoms with van der Waals surface area (Å²) in [6.45, 7) is 0. The molecule has 8 unspecified atom stereocenters. The smallest absolute Gasteiger partial charge is 1.00 e. The SMILES string of the molecule is COc1ccccc1C1CC2C=CC=CC2[CH]1[Zr+2][CH]1C(c2ccccc2OC)CC2C=CC=CC21.[Cl-].[Cl-]. The number of hydrogen-bond donors (Lipinski definition) is 0. The van der Waals surface area contributed by atoms with Gasteiger partial charge in [0.15, 0.2) is 0 Å². The number of fused-ring (bicyclic) bond motifs is 2. The Bertz CT molecular complexity index is 1100. The van der Waals surface area contributed by atoms with Crippen LogP contribution < -0.4 is 34.3 Å². The van der Waals surface area contributed by atoms with Crippen molar-refractivity contribution < 1.29 is 57.5 Å². The molecule has 0 radical (unpaired) electrons. The van der Waals surface area contributed by atoms with Crippen LogP contribution >= 0.6 is 0 Å². The average molecular weight is 613 g/mol. The van der Waals surface area contributed by atoms with Gasteiger partial charge in [-0.05, 0) is 0 Å². The maximum absolute atomic E-state index is 5.88. The standard InChI is InChI=1S/2C16H17O.2ClH.Zr/c2*1-17-16-9-5-4-8-15(16)14-10-12-6-2-3-7-13(12)11-14;;;/h2*2-10,12-14H,11H2,1H3;2*1H;/q;;;;+2/p-2. The van der Waals surface area contributed by atoms with Gasteiger partial charge < -0.3 is 24.8 Å². The molecule has 0 bridgehead atoms. The molecule has 2 saturated carbocycles. The molecule has 0 amide bonds. The minimum atomic E-state index is -0.860. The molecule has 192 valence electrons. The summed E-state index contributed by atoms with van der Waals surface area (Å²) >= 11 is -0.860. The molecule has 2 nitrogen and oxygen atoms in total. The van der Waals surface area contributed by atoms with Gasteiger partial charge in [-0.25, -0.2) is 0 Å². The average Bonchev–Trinajstić information content (AvgIpc) is 3.47. The normalized spacial score (nSPS) is 32.5. The fourth-order valence-corrected chi connectivity index (χ4v) is 13.9. The van der Waals surface area contributed by atoms with Gasteiger partial charge in [0.25, 0.3) is 0 Å². The van der Waals surface area contributed by atoms with Crippen molar-refractivity contribution in [2.24, 2.45) is 23.7 Å². The summed E-state index contributed by atoms with van der Waals surface area (Å²) in [5, 5.41) is 0. The molecule has 2 aromatic carbocycles. The van der Waals surface area contributed by atoms with Crippen LogP contribution in [0, 0.1) is 23.7 Å². The number of allylic oxidation sites excluding steroid dienone is 8. The van der Waals surface area contributed by atoms with E-state index in [9.17, 15) is 0 Å². The van der Waals surface area contributed by atoms with E-state index in [4.69, 9.17) is 9.47 Å². The van der Waals surface area contributed by atoms with Gasteiger partial charge in [0.05, 0.1) is 0 Å². The summed E-state index contributed by atoms with van der Waals surface area (Å²) in [7, 11) is 3.65. The van der Waals surface area contributed by atoms with E-state index in [1.807, 2.05) is 14.2 Å². The summed E-state index contributed by atoms with van der Waals surface area (Å²) in [5.41, 5.74) is 2.86. The van der Waals surface area contributed by atoms with Crippen molar-refractivity contribution in [1.29, 1.82) is 0 Å². The summed E-state index contributed by atoms with van der Waals surface area (Å²) < 4.78 is 13.3. The number of benzene rings is 2. The monoisotopic (exact) mass is 610 g/mol. The Morgan fingerprint density at radius 1 is 0.595 bits per heavy atom. The number of ether oxygens (including phenoxy) is 2. The molecule has 0 aliphatic heterocycles. The topological polar surface area (TPSA) is 18.5 Å². The Morgan fingerprint density at radius 3 is 1.43 bits per heavy atom. The van der Waals surface area contributed by atoms with Crippen LogP contribution in [0.1, 0.15) is 35.8 Å². The van der Waals surface area contributed by atoms with Gasteiger partial charge in [-0.15, -0.1) is 0 Å². The molecule has 0 saturated heterocycles. The van der Waals surface area contributed by atoms with Crippen molar-refractivity contribution >= 4 is 0 Å². The van der Waals surface area contributed by atoms with Crippen LogP contribution in [0.25, 0.3) is 0 Å². The van der Waals surface area contributed by atoms with Gasteiger partial charge in [-0.3, -0.25) is 0 Å². The van der Waals surface area contributed by atoms with Crippen LogP contribution in [0.4, 0.5) is 0 Å².